The van der Waals surface area contributed by atoms with Gasteiger partial charge in [0.25, 0.3) is 0 Å². The van der Waals surface area contributed by atoms with Crippen molar-refractivity contribution in [2.45, 2.75) is 51.6 Å². The summed E-state index contributed by atoms with van der Waals surface area (Å²) in [6, 6.07) is 8.48. The molecule has 124 valence electrons. The minimum absolute atomic E-state index is 0. The number of hydrogen-bond acceptors (Lipinski definition) is 3. The minimum Gasteiger partial charge on any atom is -0.327 e. The summed E-state index contributed by atoms with van der Waals surface area (Å²) in [6.07, 6.45) is 4.43. The molecule has 4 nitrogen and oxygen atoms in total. The lowest BCUT2D eigenvalue weighted by atomic mass is 9.97. The summed E-state index contributed by atoms with van der Waals surface area (Å²) in [5.41, 5.74) is 8.17. The molecule has 1 saturated heterocycles. The number of carbonyl (C=O) groups is 1. The SMILES string of the molecule is CCc1cccc(NC(=O)CN2CCCCC2C(C)N)c1.Cl. The first-order valence-electron chi connectivity index (χ1n) is 7.98. The molecular formula is C17H28ClN3O. The van der Waals surface area contributed by atoms with E-state index in [9.17, 15) is 4.79 Å². The summed E-state index contributed by atoms with van der Waals surface area (Å²) in [4.78, 5) is 14.5. The van der Waals surface area contributed by atoms with E-state index >= 15 is 0 Å². The molecule has 1 fully saturated rings. The van der Waals surface area contributed by atoms with Crippen molar-refractivity contribution in [3.63, 3.8) is 0 Å². The Balaban J connectivity index is 0.00000242. The second kappa shape index (κ2) is 9.13. The maximum absolute atomic E-state index is 12.3. The number of rotatable bonds is 5. The molecule has 2 rings (SSSR count). The quantitative estimate of drug-likeness (QED) is 0.875. The van der Waals surface area contributed by atoms with Gasteiger partial charge in [0.1, 0.15) is 0 Å². The average molecular weight is 326 g/mol. The van der Waals surface area contributed by atoms with Crippen LogP contribution in [0.4, 0.5) is 5.69 Å². The molecular weight excluding hydrogens is 298 g/mol. The first-order valence-corrected chi connectivity index (χ1v) is 7.98. The van der Waals surface area contributed by atoms with Crippen LogP contribution in [0.25, 0.3) is 0 Å². The smallest absolute Gasteiger partial charge is 0.238 e. The van der Waals surface area contributed by atoms with E-state index in [4.69, 9.17) is 5.73 Å². The fraction of sp³-hybridized carbons (Fsp3) is 0.588. The monoisotopic (exact) mass is 325 g/mol. The summed E-state index contributed by atoms with van der Waals surface area (Å²) < 4.78 is 0. The van der Waals surface area contributed by atoms with Crippen molar-refractivity contribution in [3.8, 4) is 0 Å². The molecule has 1 aliphatic rings. The molecule has 22 heavy (non-hydrogen) atoms. The van der Waals surface area contributed by atoms with Crippen LogP contribution in [0.2, 0.25) is 0 Å². The van der Waals surface area contributed by atoms with Gasteiger partial charge in [-0.15, -0.1) is 12.4 Å². The fourth-order valence-electron chi connectivity index (χ4n) is 3.06. The van der Waals surface area contributed by atoms with Crippen molar-refractivity contribution in [1.29, 1.82) is 0 Å². The van der Waals surface area contributed by atoms with E-state index < -0.39 is 0 Å². The maximum atomic E-state index is 12.3. The van der Waals surface area contributed by atoms with Gasteiger partial charge in [-0.2, -0.15) is 0 Å². The van der Waals surface area contributed by atoms with Gasteiger partial charge in [0.05, 0.1) is 6.54 Å². The Morgan fingerprint density at radius 2 is 2.23 bits per heavy atom. The van der Waals surface area contributed by atoms with Gasteiger partial charge in [-0.1, -0.05) is 25.5 Å². The first kappa shape index (κ1) is 18.9. The van der Waals surface area contributed by atoms with Crippen LogP contribution in [-0.2, 0) is 11.2 Å². The molecule has 2 unspecified atom stereocenters. The van der Waals surface area contributed by atoms with E-state index in [0.29, 0.717) is 12.6 Å². The van der Waals surface area contributed by atoms with Gasteiger partial charge in [-0.3, -0.25) is 9.69 Å². The third-order valence-electron chi connectivity index (χ3n) is 4.24. The minimum atomic E-state index is 0. The molecule has 1 heterocycles. The highest BCUT2D eigenvalue weighted by atomic mass is 35.5. The van der Waals surface area contributed by atoms with E-state index in [1.165, 1.54) is 12.0 Å². The predicted molar refractivity (Wildman–Crippen MR) is 94.6 cm³/mol. The van der Waals surface area contributed by atoms with Crippen LogP contribution in [0.15, 0.2) is 24.3 Å². The molecule has 1 amide bonds. The lowest BCUT2D eigenvalue weighted by molar-refractivity contribution is -0.118. The summed E-state index contributed by atoms with van der Waals surface area (Å²) in [7, 11) is 0. The molecule has 2 atom stereocenters. The van der Waals surface area contributed by atoms with E-state index in [2.05, 4.69) is 23.2 Å². The van der Waals surface area contributed by atoms with Gasteiger partial charge >= 0.3 is 0 Å². The van der Waals surface area contributed by atoms with Crippen LogP contribution in [0, 0.1) is 0 Å². The highest BCUT2D eigenvalue weighted by molar-refractivity contribution is 5.92. The molecule has 3 N–H and O–H groups in total. The van der Waals surface area contributed by atoms with Crippen LogP contribution >= 0.6 is 12.4 Å². The Bertz CT molecular complexity index is 479. The molecule has 0 radical (unpaired) electrons. The van der Waals surface area contributed by atoms with Gasteiger partial charge in [-0.05, 0) is 50.4 Å². The lowest BCUT2D eigenvalue weighted by Crippen LogP contribution is -2.51. The molecule has 0 saturated carbocycles. The highest BCUT2D eigenvalue weighted by Crippen LogP contribution is 2.19. The maximum Gasteiger partial charge on any atom is 0.238 e. The van der Waals surface area contributed by atoms with Crippen molar-refractivity contribution in [2.75, 3.05) is 18.4 Å². The van der Waals surface area contributed by atoms with Gasteiger partial charge in [0, 0.05) is 17.8 Å². The van der Waals surface area contributed by atoms with E-state index in [1.807, 2.05) is 25.1 Å². The molecule has 5 heteroatoms. The largest absolute Gasteiger partial charge is 0.327 e. The van der Waals surface area contributed by atoms with Gasteiger partial charge in [0.15, 0.2) is 0 Å². The van der Waals surface area contributed by atoms with Crippen molar-refractivity contribution in [1.82, 2.24) is 4.90 Å². The summed E-state index contributed by atoms with van der Waals surface area (Å²) in [5, 5.41) is 3.00. The summed E-state index contributed by atoms with van der Waals surface area (Å²) >= 11 is 0. The normalized spacial score (nSPS) is 20.0. The third kappa shape index (κ3) is 5.27. The molecule has 1 aliphatic heterocycles. The Morgan fingerprint density at radius 1 is 1.45 bits per heavy atom. The van der Waals surface area contributed by atoms with E-state index in [-0.39, 0.29) is 24.4 Å². The summed E-state index contributed by atoms with van der Waals surface area (Å²) in [5.74, 6) is 0.0517. The molecule has 1 aromatic rings. The van der Waals surface area contributed by atoms with Crippen molar-refractivity contribution < 1.29 is 4.79 Å². The Morgan fingerprint density at radius 3 is 2.91 bits per heavy atom. The van der Waals surface area contributed by atoms with Crippen LogP contribution in [-0.4, -0.2) is 36.0 Å². The first-order chi connectivity index (χ1) is 10.1. The van der Waals surface area contributed by atoms with Crippen molar-refractivity contribution in [3.05, 3.63) is 29.8 Å². The number of likely N-dealkylation sites (tertiary alicyclic amines) is 1. The molecule has 0 bridgehead atoms. The number of aryl methyl sites for hydroxylation is 1. The number of nitrogens with two attached hydrogens (primary N) is 1. The number of carbonyl (C=O) groups excluding carboxylic acids is 1. The molecule has 0 aliphatic carbocycles. The van der Waals surface area contributed by atoms with Crippen molar-refractivity contribution >= 4 is 24.0 Å². The molecule has 0 spiro atoms. The van der Waals surface area contributed by atoms with Crippen LogP contribution < -0.4 is 11.1 Å². The highest BCUT2D eigenvalue weighted by Gasteiger charge is 2.26. The third-order valence-corrected chi connectivity index (χ3v) is 4.24. The van der Waals surface area contributed by atoms with Crippen LogP contribution in [0.5, 0.6) is 0 Å². The van der Waals surface area contributed by atoms with Gasteiger partial charge in [-0.25, -0.2) is 0 Å². The van der Waals surface area contributed by atoms with E-state index in [1.54, 1.807) is 0 Å². The number of benzene rings is 1. The fourth-order valence-corrected chi connectivity index (χ4v) is 3.06. The zero-order valence-corrected chi connectivity index (χ0v) is 14.4. The number of piperidine rings is 1. The van der Waals surface area contributed by atoms with Gasteiger partial charge in [0.2, 0.25) is 5.91 Å². The molecule has 1 aromatic carbocycles. The standard InChI is InChI=1S/C17H27N3O.ClH/c1-3-14-7-6-8-15(11-14)19-17(21)12-20-10-5-4-9-16(20)13(2)18;/h6-8,11,13,16H,3-5,9-10,12,18H2,1-2H3,(H,19,21);1H. The van der Waals surface area contributed by atoms with Crippen LogP contribution in [0.1, 0.15) is 38.7 Å². The van der Waals surface area contributed by atoms with Gasteiger partial charge < -0.3 is 11.1 Å². The van der Waals surface area contributed by atoms with E-state index in [0.717, 1.165) is 31.5 Å². The zero-order chi connectivity index (χ0) is 15.2. The Labute approximate surface area is 139 Å². The molecule has 0 aromatic heterocycles. The number of halogens is 1. The Kier molecular flexibility index (Phi) is 7.87. The number of hydrogen-bond donors (Lipinski definition) is 2. The second-order valence-electron chi connectivity index (χ2n) is 5.99. The number of amides is 1. The summed E-state index contributed by atoms with van der Waals surface area (Å²) in [6.45, 7) is 5.55. The lowest BCUT2D eigenvalue weighted by Gasteiger charge is -2.37. The average Bonchev–Trinajstić information content (AvgIpc) is 2.47. The van der Waals surface area contributed by atoms with Crippen molar-refractivity contribution in [2.24, 2.45) is 5.73 Å². The second-order valence-corrected chi connectivity index (χ2v) is 5.99. The number of nitrogens with zero attached hydrogens (tertiary/aromatic N) is 1. The topological polar surface area (TPSA) is 58.4 Å². The number of anilines is 1. The van der Waals surface area contributed by atoms with Crippen LogP contribution in [0.3, 0.4) is 0 Å². The zero-order valence-electron chi connectivity index (χ0n) is 13.5. The number of nitrogens with one attached hydrogen (secondary N) is 1. The predicted octanol–water partition coefficient (Wildman–Crippen LogP) is 2.81. The Hall–Kier alpha value is -1.10.